The molecule has 0 saturated heterocycles. The van der Waals surface area contributed by atoms with E-state index in [1.807, 2.05) is 35.9 Å². The molecule has 1 heterocycles. The maximum atomic E-state index is 11.9. The van der Waals surface area contributed by atoms with Gasteiger partial charge in [0.2, 0.25) is 5.91 Å². The highest BCUT2D eigenvalue weighted by Gasteiger charge is 2.25. The van der Waals surface area contributed by atoms with Crippen molar-refractivity contribution in [2.45, 2.75) is 32.7 Å². The van der Waals surface area contributed by atoms with Crippen LogP contribution in [0.2, 0.25) is 0 Å². The summed E-state index contributed by atoms with van der Waals surface area (Å²) in [6, 6.07) is 12.1. The summed E-state index contributed by atoms with van der Waals surface area (Å²) in [6.45, 7) is 2.74. The lowest BCUT2D eigenvalue weighted by molar-refractivity contribution is -0.122. The minimum Gasteiger partial charge on any atom is -0.309 e. The topological polar surface area (TPSA) is 46.9 Å². The number of nitrogens with zero attached hydrogens (tertiary/aromatic N) is 2. The molecule has 0 atom stereocenters. The van der Waals surface area contributed by atoms with E-state index in [0.29, 0.717) is 5.82 Å². The van der Waals surface area contributed by atoms with Crippen LogP contribution in [0.1, 0.15) is 30.5 Å². The molecule has 1 aromatic carbocycles. The number of aryl methyl sites for hydroxylation is 1. The van der Waals surface area contributed by atoms with Crippen LogP contribution in [-0.4, -0.2) is 15.7 Å². The van der Waals surface area contributed by atoms with Crippen molar-refractivity contribution in [3.8, 4) is 0 Å². The fraction of sp³-hybridized carbons (Fsp3) is 0.375. The van der Waals surface area contributed by atoms with Crippen LogP contribution in [0.15, 0.2) is 36.4 Å². The summed E-state index contributed by atoms with van der Waals surface area (Å²) in [4.78, 5) is 11.9. The Balaban J connectivity index is 1.69. The molecule has 104 valence electrons. The van der Waals surface area contributed by atoms with Crippen LogP contribution in [-0.2, 0) is 11.3 Å². The zero-order valence-electron chi connectivity index (χ0n) is 11.7. The van der Waals surface area contributed by atoms with Gasteiger partial charge in [-0.05, 0) is 25.3 Å². The SMILES string of the molecule is Cc1cc(NC(=O)C2CCC2)nn1Cc1ccccc1. The maximum absolute atomic E-state index is 11.9. The van der Waals surface area contributed by atoms with Gasteiger partial charge in [0.15, 0.2) is 5.82 Å². The molecule has 1 saturated carbocycles. The molecule has 0 aliphatic heterocycles. The van der Waals surface area contributed by atoms with Gasteiger partial charge in [-0.1, -0.05) is 36.8 Å². The smallest absolute Gasteiger partial charge is 0.228 e. The van der Waals surface area contributed by atoms with Gasteiger partial charge >= 0.3 is 0 Å². The normalized spacial score (nSPS) is 14.8. The Morgan fingerprint density at radius 1 is 1.35 bits per heavy atom. The number of benzene rings is 1. The zero-order chi connectivity index (χ0) is 13.9. The number of amides is 1. The molecule has 20 heavy (non-hydrogen) atoms. The van der Waals surface area contributed by atoms with Crippen molar-refractivity contribution in [1.29, 1.82) is 0 Å². The molecule has 1 N–H and O–H groups in total. The monoisotopic (exact) mass is 269 g/mol. The Labute approximate surface area is 118 Å². The molecule has 0 unspecified atom stereocenters. The molecule has 1 aliphatic carbocycles. The van der Waals surface area contributed by atoms with Crippen molar-refractivity contribution in [2.24, 2.45) is 5.92 Å². The van der Waals surface area contributed by atoms with Crippen molar-refractivity contribution in [2.75, 3.05) is 5.32 Å². The summed E-state index contributed by atoms with van der Waals surface area (Å²) in [5.41, 5.74) is 2.26. The fourth-order valence-corrected chi connectivity index (χ4v) is 2.39. The molecular weight excluding hydrogens is 250 g/mol. The van der Waals surface area contributed by atoms with Crippen molar-refractivity contribution in [3.63, 3.8) is 0 Å². The summed E-state index contributed by atoms with van der Waals surface area (Å²) in [6.07, 6.45) is 3.19. The minimum atomic E-state index is 0.112. The third kappa shape index (κ3) is 2.74. The van der Waals surface area contributed by atoms with Crippen molar-refractivity contribution >= 4 is 11.7 Å². The summed E-state index contributed by atoms with van der Waals surface area (Å²) >= 11 is 0. The Bertz CT molecular complexity index is 599. The standard InChI is InChI=1S/C16H19N3O/c1-12-10-15(17-16(20)14-8-5-9-14)18-19(12)11-13-6-3-2-4-7-13/h2-4,6-7,10,14H,5,8-9,11H2,1H3,(H,17,18,20). The molecule has 4 heteroatoms. The first-order valence-corrected chi connectivity index (χ1v) is 7.11. The summed E-state index contributed by atoms with van der Waals surface area (Å²) in [7, 11) is 0. The van der Waals surface area contributed by atoms with E-state index in [9.17, 15) is 4.79 Å². The Morgan fingerprint density at radius 3 is 2.75 bits per heavy atom. The number of rotatable bonds is 4. The van der Waals surface area contributed by atoms with Gasteiger partial charge in [-0.25, -0.2) is 0 Å². The van der Waals surface area contributed by atoms with E-state index >= 15 is 0 Å². The molecular formula is C16H19N3O. The maximum Gasteiger partial charge on any atom is 0.228 e. The van der Waals surface area contributed by atoms with Gasteiger partial charge in [0.1, 0.15) is 0 Å². The highest BCUT2D eigenvalue weighted by atomic mass is 16.2. The molecule has 1 aliphatic rings. The van der Waals surface area contributed by atoms with Gasteiger partial charge in [0, 0.05) is 17.7 Å². The Hall–Kier alpha value is -2.10. The highest BCUT2D eigenvalue weighted by Crippen LogP contribution is 2.27. The van der Waals surface area contributed by atoms with Gasteiger partial charge in [0.05, 0.1) is 6.54 Å². The average molecular weight is 269 g/mol. The molecule has 3 rings (SSSR count). The van der Waals surface area contributed by atoms with Gasteiger partial charge in [-0.3, -0.25) is 9.48 Å². The van der Waals surface area contributed by atoms with Crippen LogP contribution in [0.5, 0.6) is 0 Å². The van der Waals surface area contributed by atoms with Crippen LogP contribution in [0.25, 0.3) is 0 Å². The molecule has 1 fully saturated rings. The van der Waals surface area contributed by atoms with E-state index in [4.69, 9.17) is 0 Å². The number of hydrogen-bond acceptors (Lipinski definition) is 2. The lowest BCUT2D eigenvalue weighted by Gasteiger charge is -2.23. The second kappa shape index (κ2) is 5.49. The first-order chi connectivity index (χ1) is 9.72. The molecule has 1 amide bonds. The number of carbonyl (C=O) groups is 1. The number of aromatic nitrogens is 2. The zero-order valence-corrected chi connectivity index (χ0v) is 11.7. The van der Waals surface area contributed by atoms with Crippen molar-refractivity contribution in [1.82, 2.24) is 9.78 Å². The van der Waals surface area contributed by atoms with E-state index in [-0.39, 0.29) is 11.8 Å². The predicted octanol–water partition coefficient (Wildman–Crippen LogP) is 2.98. The predicted molar refractivity (Wildman–Crippen MR) is 78.5 cm³/mol. The van der Waals surface area contributed by atoms with E-state index in [0.717, 1.165) is 25.1 Å². The van der Waals surface area contributed by atoms with Crippen LogP contribution in [0.3, 0.4) is 0 Å². The van der Waals surface area contributed by atoms with E-state index in [1.165, 1.54) is 12.0 Å². The Kier molecular flexibility index (Phi) is 3.54. The van der Waals surface area contributed by atoms with Gasteiger partial charge < -0.3 is 5.32 Å². The third-order valence-electron chi connectivity index (χ3n) is 3.88. The molecule has 4 nitrogen and oxygen atoms in total. The van der Waals surface area contributed by atoms with Crippen LogP contribution >= 0.6 is 0 Å². The van der Waals surface area contributed by atoms with Crippen molar-refractivity contribution < 1.29 is 4.79 Å². The average Bonchev–Trinajstić information content (AvgIpc) is 2.68. The van der Waals surface area contributed by atoms with E-state index < -0.39 is 0 Å². The molecule has 2 aromatic rings. The number of anilines is 1. The van der Waals surface area contributed by atoms with E-state index in [1.54, 1.807) is 0 Å². The van der Waals surface area contributed by atoms with Gasteiger partial charge in [0.25, 0.3) is 0 Å². The first kappa shape index (κ1) is 12.9. The minimum absolute atomic E-state index is 0.112. The van der Waals surface area contributed by atoms with Gasteiger partial charge in [-0.2, -0.15) is 5.10 Å². The molecule has 0 spiro atoms. The van der Waals surface area contributed by atoms with Gasteiger partial charge in [-0.15, -0.1) is 0 Å². The first-order valence-electron chi connectivity index (χ1n) is 7.11. The molecule has 0 bridgehead atoms. The third-order valence-corrected chi connectivity index (χ3v) is 3.88. The lowest BCUT2D eigenvalue weighted by atomic mass is 9.85. The number of nitrogens with one attached hydrogen (secondary N) is 1. The number of hydrogen-bond donors (Lipinski definition) is 1. The largest absolute Gasteiger partial charge is 0.309 e. The van der Waals surface area contributed by atoms with E-state index in [2.05, 4.69) is 22.5 Å². The second-order valence-electron chi connectivity index (χ2n) is 5.43. The summed E-state index contributed by atoms with van der Waals surface area (Å²) in [5, 5.41) is 7.39. The summed E-state index contributed by atoms with van der Waals surface area (Å²) in [5.74, 6) is 0.963. The molecule has 1 aromatic heterocycles. The van der Waals surface area contributed by atoms with Crippen LogP contribution in [0.4, 0.5) is 5.82 Å². The van der Waals surface area contributed by atoms with Crippen molar-refractivity contribution in [3.05, 3.63) is 47.7 Å². The number of carbonyl (C=O) groups excluding carboxylic acids is 1. The quantitative estimate of drug-likeness (QED) is 0.927. The fourth-order valence-electron chi connectivity index (χ4n) is 2.39. The van der Waals surface area contributed by atoms with Crippen LogP contribution in [0, 0.1) is 12.8 Å². The second-order valence-corrected chi connectivity index (χ2v) is 5.43. The Morgan fingerprint density at radius 2 is 2.10 bits per heavy atom. The lowest BCUT2D eigenvalue weighted by Crippen LogP contribution is -2.28. The van der Waals surface area contributed by atoms with Crippen LogP contribution < -0.4 is 5.32 Å². The molecule has 0 radical (unpaired) electrons. The summed E-state index contributed by atoms with van der Waals surface area (Å²) < 4.78 is 1.92. The highest BCUT2D eigenvalue weighted by molar-refractivity contribution is 5.92.